The SMILES string of the molecule is Cc1ccc2oc(C(=O)NCC[C@H](O)C(=O)O)cc2c1. The summed E-state index contributed by atoms with van der Waals surface area (Å²) in [5.74, 6) is -1.58. The molecule has 1 heterocycles. The average molecular weight is 277 g/mol. The number of amides is 1. The van der Waals surface area contributed by atoms with E-state index in [1.165, 1.54) is 0 Å². The van der Waals surface area contributed by atoms with Gasteiger partial charge in [0.1, 0.15) is 5.58 Å². The number of furan rings is 1. The fraction of sp³-hybridized carbons (Fsp3) is 0.286. The van der Waals surface area contributed by atoms with Gasteiger partial charge in [-0.05, 0) is 25.1 Å². The Balaban J connectivity index is 1.99. The zero-order chi connectivity index (χ0) is 14.7. The smallest absolute Gasteiger partial charge is 0.332 e. The second kappa shape index (κ2) is 5.75. The lowest BCUT2D eigenvalue weighted by Crippen LogP contribution is -2.29. The molecular formula is C14H15NO5. The van der Waals surface area contributed by atoms with Gasteiger partial charge in [0, 0.05) is 18.4 Å². The van der Waals surface area contributed by atoms with E-state index < -0.39 is 18.0 Å². The Morgan fingerprint density at radius 1 is 1.35 bits per heavy atom. The Labute approximate surface area is 115 Å². The first-order valence-corrected chi connectivity index (χ1v) is 6.16. The van der Waals surface area contributed by atoms with E-state index in [9.17, 15) is 9.59 Å². The minimum atomic E-state index is -1.48. The van der Waals surface area contributed by atoms with Crippen LogP contribution in [0.1, 0.15) is 22.5 Å². The van der Waals surface area contributed by atoms with Crippen molar-refractivity contribution < 1.29 is 24.2 Å². The molecule has 2 rings (SSSR count). The third-order valence-corrected chi connectivity index (χ3v) is 2.88. The maximum absolute atomic E-state index is 11.8. The van der Waals surface area contributed by atoms with Gasteiger partial charge in [-0.15, -0.1) is 0 Å². The standard InChI is InChI=1S/C14H15NO5/c1-8-2-3-11-9(6-8)7-12(20-11)13(17)15-5-4-10(16)14(18)19/h2-3,6-7,10,16H,4-5H2,1H3,(H,15,17)(H,18,19)/t10-/m0/s1. The van der Waals surface area contributed by atoms with Crippen molar-refractivity contribution in [3.63, 3.8) is 0 Å². The number of carbonyl (C=O) groups excluding carboxylic acids is 1. The maximum Gasteiger partial charge on any atom is 0.332 e. The van der Waals surface area contributed by atoms with Gasteiger partial charge >= 0.3 is 5.97 Å². The Morgan fingerprint density at radius 2 is 2.10 bits per heavy atom. The van der Waals surface area contributed by atoms with Crippen LogP contribution in [-0.2, 0) is 4.79 Å². The van der Waals surface area contributed by atoms with Crippen LogP contribution in [-0.4, -0.2) is 34.7 Å². The lowest BCUT2D eigenvalue weighted by Gasteiger charge is -2.05. The highest BCUT2D eigenvalue weighted by Crippen LogP contribution is 2.20. The zero-order valence-corrected chi connectivity index (χ0v) is 10.9. The molecule has 3 N–H and O–H groups in total. The number of nitrogens with one attached hydrogen (secondary N) is 1. The van der Waals surface area contributed by atoms with Gasteiger partial charge in [0.25, 0.3) is 5.91 Å². The van der Waals surface area contributed by atoms with Crippen LogP contribution in [0.4, 0.5) is 0 Å². The van der Waals surface area contributed by atoms with Crippen molar-refractivity contribution in [2.75, 3.05) is 6.54 Å². The fourth-order valence-electron chi connectivity index (χ4n) is 1.81. The van der Waals surface area contributed by atoms with Crippen molar-refractivity contribution >= 4 is 22.8 Å². The number of hydrogen-bond acceptors (Lipinski definition) is 4. The second-order valence-corrected chi connectivity index (χ2v) is 4.55. The molecule has 0 fully saturated rings. The molecule has 1 amide bonds. The molecule has 0 spiro atoms. The van der Waals surface area contributed by atoms with E-state index in [2.05, 4.69) is 5.32 Å². The van der Waals surface area contributed by atoms with Gasteiger partial charge in [-0.2, -0.15) is 0 Å². The van der Waals surface area contributed by atoms with Crippen LogP contribution in [0.5, 0.6) is 0 Å². The summed E-state index contributed by atoms with van der Waals surface area (Å²) in [5.41, 5.74) is 1.68. The first-order valence-electron chi connectivity index (χ1n) is 6.16. The van der Waals surface area contributed by atoms with Gasteiger partial charge in [-0.1, -0.05) is 11.6 Å². The maximum atomic E-state index is 11.8. The van der Waals surface area contributed by atoms with E-state index in [1.54, 1.807) is 12.1 Å². The number of aryl methyl sites for hydroxylation is 1. The van der Waals surface area contributed by atoms with E-state index in [0.29, 0.717) is 5.58 Å². The second-order valence-electron chi connectivity index (χ2n) is 4.55. The van der Waals surface area contributed by atoms with Gasteiger partial charge < -0.3 is 19.9 Å². The largest absolute Gasteiger partial charge is 0.479 e. The lowest BCUT2D eigenvalue weighted by atomic mass is 10.2. The van der Waals surface area contributed by atoms with Crippen LogP contribution in [0.3, 0.4) is 0 Å². The van der Waals surface area contributed by atoms with Crippen molar-refractivity contribution in [1.29, 1.82) is 0 Å². The third kappa shape index (κ3) is 3.16. The van der Waals surface area contributed by atoms with Crippen LogP contribution < -0.4 is 5.32 Å². The Hall–Kier alpha value is -2.34. The molecule has 1 aromatic heterocycles. The zero-order valence-electron chi connectivity index (χ0n) is 10.9. The van der Waals surface area contributed by atoms with Gasteiger partial charge in [-0.3, -0.25) is 4.79 Å². The number of carbonyl (C=O) groups is 2. The number of benzene rings is 1. The van der Waals surface area contributed by atoms with Crippen molar-refractivity contribution in [2.24, 2.45) is 0 Å². The molecule has 106 valence electrons. The Bertz CT molecular complexity index is 646. The predicted molar refractivity (Wildman–Crippen MR) is 71.5 cm³/mol. The highest BCUT2D eigenvalue weighted by Gasteiger charge is 2.15. The lowest BCUT2D eigenvalue weighted by molar-refractivity contribution is -0.146. The van der Waals surface area contributed by atoms with Crippen LogP contribution in [0.2, 0.25) is 0 Å². The molecule has 1 aromatic carbocycles. The highest BCUT2D eigenvalue weighted by atomic mass is 16.4. The molecule has 2 aromatic rings. The van der Waals surface area contributed by atoms with Crippen LogP contribution >= 0.6 is 0 Å². The van der Waals surface area contributed by atoms with E-state index in [1.807, 2.05) is 19.1 Å². The molecule has 20 heavy (non-hydrogen) atoms. The molecule has 0 aliphatic carbocycles. The summed E-state index contributed by atoms with van der Waals surface area (Å²) in [6.07, 6.45) is -1.53. The summed E-state index contributed by atoms with van der Waals surface area (Å²) in [7, 11) is 0. The highest BCUT2D eigenvalue weighted by molar-refractivity contribution is 5.96. The topological polar surface area (TPSA) is 99.8 Å². The van der Waals surface area contributed by atoms with Crippen LogP contribution in [0.25, 0.3) is 11.0 Å². The van der Waals surface area contributed by atoms with Crippen LogP contribution in [0.15, 0.2) is 28.7 Å². The van der Waals surface area contributed by atoms with E-state index in [4.69, 9.17) is 14.6 Å². The molecule has 0 saturated carbocycles. The van der Waals surface area contributed by atoms with E-state index in [-0.39, 0.29) is 18.7 Å². The summed E-state index contributed by atoms with van der Waals surface area (Å²) in [6.45, 7) is 2.00. The van der Waals surface area contributed by atoms with Gasteiger partial charge in [-0.25, -0.2) is 4.79 Å². The minimum Gasteiger partial charge on any atom is -0.479 e. The molecule has 0 aliphatic heterocycles. The Kier molecular flexibility index (Phi) is 4.05. The molecule has 6 nitrogen and oxygen atoms in total. The third-order valence-electron chi connectivity index (χ3n) is 2.88. The monoisotopic (exact) mass is 277 g/mol. The van der Waals surface area contributed by atoms with Crippen molar-refractivity contribution in [3.8, 4) is 0 Å². The Morgan fingerprint density at radius 3 is 2.80 bits per heavy atom. The summed E-state index contributed by atoms with van der Waals surface area (Å²) in [4.78, 5) is 22.2. The van der Waals surface area contributed by atoms with Gasteiger partial charge in [0.15, 0.2) is 11.9 Å². The first kappa shape index (κ1) is 14.1. The molecule has 6 heteroatoms. The summed E-state index contributed by atoms with van der Waals surface area (Å²) in [6, 6.07) is 7.21. The number of aliphatic carboxylic acids is 1. The van der Waals surface area contributed by atoms with Crippen molar-refractivity contribution in [1.82, 2.24) is 5.32 Å². The van der Waals surface area contributed by atoms with Gasteiger partial charge in [0.05, 0.1) is 0 Å². The normalized spacial score (nSPS) is 12.3. The number of carboxylic acids is 1. The number of carboxylic acid groups (broad SMARTS) is 1. The van der Waals surface area contributed by atoms with Crippen molar-refractivity contribution in [2.45, 2.75) is 19.4 Å². The van der Waals surface area contributed by atoms with Gasteiger partial charge in [0.2, 0.25) is 0 Å². The summed E-state index contributed by atoms with van der Waals surface area (Å²) in [5, 5.41) is 20.9. The quantitative estimate of drug-likeness (QED) is 0.765. The molecule has 0 aliphatic rings. The molecule has 0 radical (unpaired) electrons. The number of rotatable bonds is 5. The van der Waals surface area contributed by atoms with E-state index >= 15 is 0 Å². The molecule has 0 bridgehead atoms. The molecule has 0 unspecified atom stereocenters. The minimum absolute atomic E-state index is 0.0551. The number of hydrogen-bond donors (Lipinski definition) is 3. The molecule has 0 saturated heterocycles. The average Bonchev–Trinajstić information content (AvgIpc) is 2.81. The number of aliphatic hydroxyl groups excluding tert-OH is 1. The van der Waals surface area contributed by atoms with Crippen molar-refractivity contribution in [3.05, 3.63) is 35.6 Å². The fourth-order valence-corrected chi connectivity index (χ4v) is 1.81. The molecular weight excluding hydrogens is 262 g/mol. The van der Waals surface area contributed by atoms with Crippen LogP contribution in [0, 0.1) is 6.92 Å². The number of fused-ring (bicyclic) bond motifs is 1. The summed E-state index contributed by atoms with van der Waals surface area (Å²) >= 11 is 0. The molecule has 1 atom stereocenters. The predicted octanol–water partition coefficient (Wildman–Crippen LogP) is 1.31. The first-order chi connectivity index (χ1) is 9.47. The van der Waals surface area contributed by atoms with E-state index in [0.717, 1.165) is 10.9 Å². The summed E-state index contributed by atoms with van der Waals surface area (Å²) < 4.78 is 5.40. The number of aliphatic hydroxyl groups is 1.